The fourth-order valence-electron chi connectivity index (χ4n) is 4.29. The molecular formula is C26H55N2O4S+. The maximum atomic E-state index is 11.7. The molecule has 198 valence electrons. The second-order valence-corrected chi connectivity index (χ2v) is 10.6. The van der Waals surface area contributed by atoms with Gasteiger partial charge in [0, 0.05) is 0 Å². The van der Waals surface area contributed by atoms with Crippen molar-refractivity contribution < 1.29 is 21.3 Å². The fraction of sp³-hybridized carbons (Fsp3) is 0.923. The number of quaternary nitrogens is 1. The van der Waals surface area contributed by atoms with Crippen LogP contribution in [0, 0.1) is 0 Å². The molecule has 0 aromatic carbocycles. The smallest absolute Gasteiger partial charge is 0.321 e. The molecule has 0 bridgehead atoms. The minimum atomic E-state index is -3.95. The SMILES string of the molecule is CCCCCCCCC=CCCCCCCCC[N+](CC)(CC)CC(NC)OS(=O)(=O)OC. The molecule has 0 aromatic rings. The van der Waals surface area contributed by atoms with Crippen molar-refractivity contribution in [2.24, 2.45) is 0 Å². The van der Waals surface area contributed by atoms with Gasteiger partial charge in [0.25, 0.3) is 0 Å². The van der Waals surface area contributed by atoms with Crippen LogP contribution in [0.15, 0.2) is 12.2 Å². The van der Waals surface area contributed by atoms with Gasteiger partial charge in [-0.2, -0.15) is 8.42 Å². The van der Waals surface area contributed by atoms with Crippen molar-refractivity contribution in [1.29, 1.82) is 0 Å². The summed E-state index contributed by atoms with van der Waals surface area (Å²) in [7, 11) is -1.11. The van der Waals surface area contributed by atoms with Crippen LogP contribution in [0.4, 0.5) is 0 Å². The molecule has 7 heteroatoms. The van der Waals surface area contributed by atoms with Crippen LogP contribution in [0.1, 0.15) is 111 Å². The largest absolute Gasteiger partial charge is 0.401 e. The van der Waals surface area contributed by atoms with E-state index in [1.807, 2.05) is 0 Å². The number of likely N-dealkylation sites (N-methyl/N-ethyl adjacent to an activating group) is 2. The van der Waals surface area contributed by atoms with Crippen LogP contribution in [0.3, 0.4) is 0 Å². The average Bonchev–Trinajstić information content (AvgIpc) is 2.82. The Bertz CT molecular complexity index is 563. The molecule has 1 N–H and O–H groups in total. The van der Waals surface area contributed by atoms with Gasteiger partial charge in [-0.05, 0) is 59.4 Å². The molecule has 0 fully saturated rings. The van der Waals surface area contributed by atoms with Crippen molar-refractivity contribution in [3.8, 4) is 0 Å². The van der Waals surface area contributed by atoms with Gasteiger partial charge < -0.3 is 4.48 Å². The Morgan fingerprint density at radius 2 is 1.27 bits per heavy atom. The third-order valence-corrected chi connectivity index (χ3v) is 7.68. The standard InChI is InChI=1S/C26H55N2O4S/c1-6-9-10-11-12-13-14-15-16-17-18-19-20-21-22-23-24-28(7-2,8-3)25-26(27-4)32-33(29,30)31-5/h15-16,26-27H,6-14,17-25H2,1-5H3/q+1. The third kappa shape index (κ3) is 17.6. The highest BCUT2D eigenvalue weighted by molar-refractivity contribution is 7.81. The highest BCUT2D eigenvalue weighted by Gasteiger charge is 2.30. The summed E-state index contributed by atoms with van der Waals surface area (Å²) in [6, 6.07) is 0. The van der Waals surface area contributed by atoms with Crippen LogP contribution < -0.4 is 5.32 Å². The van der Waals surface area contributed by atoms with E-state index in [-0.39, 0.29) is 0 Å². The van der Waals surface area contributed by atoms with Gasteiger partial charge >= 0.3 is 10.4 Å². The Hall–Kier alpha value is -0.470. The van der Waals surface area contributed by atoms with Crippen molar-refractivity contribution in [3.63, 3.8) is 0 Å². The molecule has 0 spiro atoms. The van der Waals surface area contributed by atoms with Crippen LogP contribution in [0.25, 0.3) is 0 Å². The lowest BCUT2D eigenvalue weighted by atomic mass is 10.1. The molecule has 0 saturated heterocycles. The molecule has 0 saturated carbocycles. The molecule has 0 aliphatic carbocycles. The van der Waals surface area contributed by atoms with Gasteiger partial charge in [0.2, 0.25) is 0 Å². The highest BCUT2D eigenvalue weighted by atomic mass is 32.3. The number of nitrogens with one attached hydrogen (secondary N) is 1. The van der Waals surface area contributed by atoms with Gasteiger partial charge in [-0.3, -0.25) is 9.50 Å². The lowest BCUT2D eigenvalue weighted by Crippen LogP contribution is -2.56. The van der Waals surface area contributed by atoms with Crippen LogP contribution >= 0.6 is 0 Å². The van der Waals surface area contributed by atoms with Crippen molar-refractivity contribution in [1.82, 2.24) is 5.32 Å². The average molecular weight is 492 g/mol. The minimum Gasteiger partial charge on any atom is -0.321 e. The van der Waals surface area contributed by atoms with E-state index < -0.39 is 16.6 Å². The maximum absolute atomic E-state index is 11.7. The normalized spacial score (nSPS) is 13.7. The van der Waals surface area contributed by atoms with E-state index in [0.717, 1.165) is 37.6 Å². The summed E-state index contributed by atoms with van der Waals surface area (Å²) in [4.78, 5) is 0. The molecule has 0 aliphatic rings. The van der Waals surface area contributed by atoms with Crippen LogP contribution in [-0.2, 0) is 18.8 Å². The summed E-state index contributed by atoms with van der Waals surface area (Å²) in [5.74, 6) is 0. The molecule has 1 unspecified atom stereocenters. The number of hydrogen-bond donors (Lipinski definition) is 1. The van der Waals surface area contributed by atoms with E-state index in [9.17, 15) is 8.42 Å². The predicted octanol–water partition coefficient (Wildman–Crippen LogP) is 6.33. The Labute approximate surface area is 206 Å². The number of unbranched alkanes of at least 4 members (excludes halogenated alkanes) is 12. The van der Waals surface area contributed by atoms with Gasteiger partial charge in [-0.15, -0.1) is 0 Å². The molecule has 0 amide bonds. The van der Waals surface area contributed by atoms with Crippen molar-refractivity contribution in [3.05, 3.63) is 12.2 Å². The lowest BCUT2D eigenvalue weighted by Gasteiger charge is -2.39. The number of nitrogens with zero attached hydrogens (tertiary/aromatic N) is 1. The molecule has 33 heavy (non-hydrogen) atoms. The molecule has 1 atom stereocenters. The van der Waals surface area contributed by atoms with E-state index in [1.165, 1.54) is 83.5 Å². The first kappa shape index (κ1) is 32.5. The molecular weight excluding hydrogens is 436 g/mol. The second-order valence-electron chi connectivity index (χ2n) is 9.27. The first-order valence-corrected chi connectivity index (χ1v) is 14.9. The summed E-state index contributed by atoms with van der Waals surface area (Å²) >= 11 is 0. The summed E-state index contributed by atoms with van der Waals surface area (Å²) in [5, 5.41) is 2.97. The van der Waals surface area contributed by atoms with Gasteiger partial charge in [0.1, 0.15) is 6.54 Å². The zero-order chi connectivity index (χ0) is 24.8. The Kier molecular flexibility index (Phi) is 20.6. The lowest BCUT2D eigenvalue weighted by molar-refractivity contribution is -0.927. The van der Waals surface area contributed by atoms with Crippen molar-refractivity contribution in [2.75, 3.05) is 40.3 Å². The highest BCUT2D eigenvalue weighted by Crippen LogP contribution is 2.15. The molecule has 0 aromatic heterocycles. The minimum absolute atomic E-state index is 0.580. The predicted molar refractivity (Wildman–Crippen MR) is 140 cm³/mol. The molecule has 0 rings (SSSR count). The molecule has 0 heterocycles. The second kappa shape index (κ2) is 20.9. The van der Waals surface area contributed by atoms with E-state index in [0.29, 0.717) is 6.54 Å². The number of allylic oxidation sites excluding steroid dienone is 2. The van der Waals surface area contributed by atoms with Gasteiger partial charge in [-0.1, -0.05) is 70.4 Å². The van der Waals surface area contributed by atoms with E-state index in [1.54, 1.807) is 7.05 Å². The maximum Gasteiger partial charge on any atom is 0.401 e. The number of hydrogen-bond acceptors (Lipinski definition) is 5. The van der Waals surface area contributed by atoms with Crippen LogP contribution in [0.5, 0.6) is 0 Å². The van der Waals surface area contributed by atoms with Crippen molar-refractivity contribution in [2.45, 2.75) is 117 Å². The topological polar surface area (TPSA) is 64.6 Å². The first-order valence-electron chi connectivity index (χ1n) is 13.5. The van der Waals surface area contributed by atoms with Crippen molar-refractivity contribution >= 4 is 10.4 Å². The van der Waals surface area contributed by atoms with E-state index in [2.05, 4.69) is 42.4 Å². The summed E-state index contributed by atoms with van der Waals surface area (Å²) in [6.07, 6.45) is 22.5. The zero-order valence-corrected chi connectivity index (χ0v) is 23.3. The summed E-state index contributed by atoms with van der Waals surface area (Å²) < 4.78 is 33.7. The monoisotopic (exact) mass is 491 g/mol. The summed E-state index contributed by atoms with van der Waals surface area (Å²) in [6.45, 7) is 10.2. The Morgan fingerprint density at radius 1 is 0.788 bits per heavy atom. The fourth-order valence-corrected chi connectivity index (χ4v) is 4.81. The van der Waals surface area contributed by atoms with Crippen LogP contribution in [0.2, 0.25) is 0 Å². The quantitative estimate of drug-likeness (QED) is 0.0739. The molecule has 6 nitrogen and oxygen atoms in total. The number of rotatable bonds is 24. The van der Waals surface area contributed by atoms with Gasteiger partial charge in [0.15, 0.2) is 6.23 Å². The Balaban J connectivity index is 3.94. The van der Waals surface area contributed by atoms with E-state index in [4.69, 9.17) is 4.18 Å². The molecule has 0 radical (unpaired) electrons. The zero-order valence-electron chi connectivity index (χ0n) is 22.4. The third-order valence-electron chi connectivity index (χ3n) is 6.80. The van der Waals surface area contributed by atoms with Crippen LogP contribution in [-0.4, -0.2) is 59.5 Å². The molecule has 0 aliphatic heterocycles. The Morgan fingerprint density at radius 3 is 1.73 bits per heavy atom. The first-order chi connectivity index (χ1) is 15.9. The van der Waals surface area contributed by atoms with Gasteiger partial charge in [-0.25, -0.2) is 4.18 Å². The van der Waals surface area contributed by atoms with Gasteiger partial charge in [0.05, 0.1) is 26.7 Å². The summed E-state index contributed by atoms with van der Waals surface area (Å²) in [5.41, 5.74) is 0. The van der Waals surface area contributed by atoms with E-state index >= 15 is 0 Å².